The Bertz CT molecular complexity index is 923. The predicted octanol–water partition coefficient (Wildman–Crippen LogP) is 3.28. The quantitative estimate of drug-likeness (QED) is 0.584. The van der Waals surface area contributed by atoms with Crippen molar-refractivity contribution in [3.8, 4) is 0 Å². The van der Waals surface area contributed by atoms with Crippen LogP contribution in [0.5, 0.6) is 0 Å². The fourth-order valence-electron chi connectivity index (χ4n) is 6.01. The van der Waals surface area contributed by atoms with Crippen LogP contribution in [0.25, 0.3) is 0 Å². The number of nitrogens with two attached hydrogens (primary N) is 1. The van der Waals surface area contributed by atoms with Crippen molar-refractivity contribution < 1.29 is 18.0 Å². The van der Waals surface area contributed by atoms with Crippen LogP contribution in [0.15, 0.2) is 23.4 Å². The zero-order valence-electron chi connectivity index (χ0n) is 15.1. The lowest BCUT2D eigenvalue weighted by Gasteiger charge is -2.44. The van der Waals surface area contributed by atoms with E-state index in [0.717, 1.165) is 42.3 Å². The number of carbonyl (C=O) groups excluding carboxylic acids is 1. The summed E-state index contributed by atoms with van der Waals surface area (Å²) in [7, 11) is 0. The minimum atomic E-state index is -4.67. The first-order valence-corrected chi connectivity index (χ1v) is 9.58. The Kier molecular flexibility index (Phi) is 3.61. The molecule has 28 heavy (non-hydrogen) atoms. The van der Waals surface area contributed by atoms with Gasteiger partial charge in [0.1, 0.15) is 5.70 Å². The lowest BCUT2D eigenvalue weighted by Crippen LogP contribution is -2.44. The fraction of sp³-hybridized carbons (Fsp3) is 0.500. The topological polar surface area (TPSA) is 91.0 Å². The molecule has 1 aromatic rings. The molecule has 1 amide bonds. The van der Waals surface area contributed by atoms with Crippen LogP contribution in [0, 0.1) is 23.2 Å². The highest BCUT2D eigenvalue weighted by Gasteiger charge is 2.55. The van der Waals surface area contributed by atoms with Gasteiger partial charge in [0.05, 0.1) is 6.04 Å². The molecule has 2 aliphatic carbocycles. The molecule has 1 unspecified atom stereocenters. The maximum absolute atomic E-state index is 13.3. The third-order valence-corrected chi connectivity index (χ3v) is 7.10. The molecule has 2 saturated carbocycles. The van der Waals surface area contributed by atoms with Crippen LogP contribution in [-0.4, -0.2) is 24.3 Å². The monoisotopic (exact) mass is 390 g/mol. The van der Waals surface area contributed by atoms with Gasteiger partial charge in [-0.1, -0.05) is 0 Å². The van der Waals surface area contributed by atoms with E-state index in [4.69, 9.17) is 11.1 Å². The molecule has 5 atom stereocenters. The Morgan fingerprint density at radius 3 is 2.71 bits per heavy atom. The molecule has 2 heterocycles. The van der Waals surface area contributed by atoms with Gasteiger partial charge in [-0.25, -0.2) is 0 Å². The summed E-state index contributed by atoms with van der Waals surface area (Å²) in [4.78, 5) is 12.1. The highest BCUT2D eigenvalue weighted by Crippen LogP contribution is 2.62. The van der Waals surface area contributed by atoms with Gasteiger partial charge in [-0.15, -0.1) is 0 Å². The van der Waals surface area contributed by atoms with E-state index < -0.39 is 17.9 Å². The van der Waals surface area contributed by atoms with Gasteiger partial charge >= 0.3 is 6.18 Å². The largest absolute Gasteiger partial charge is 0.431 e. The number of carbonyl (C=O) groups is 1. The normalized spacial score (nSPS) is 33.4. The van der Waals surface area contributed by atoms with Crippen LogP contribution in [0.2, 0.25) is 0 Å². The van der Waals surface area contributed by atoms with Crippen molar-refractivity contribution in [1.82, 2.24) is 5.32 Å². The number of halogens is 3. The summed E-state index contributed by atoms with van der Waals surface area (Å²) < 4.78 is 40.0. The van der Waals surface area contributed by atoms with Gasteiger partial charge in [0.25, 0.3) is 5.91 Å². The van der Waals surface area contributed by atoms with E-state index in [9.17, 15) is 18.0 Å². The molecule has 1 aromatic carbocycles. The van der Waals surface area contributed by atoms with Crippen molar-refractivity contribution in [1.29, 1.82) is 5.41 Å². The Labute approximate surface area is 160 Å². The molecule has 0 radical (unpaired) electrons. The van der Waals surface area contributed by atoms with Crippen molar-refractivity contribution in [3.05, 3.63) is 40.1 Å². The van der Waals surface area contributed by atoms with Crippen LogP contribution in [0.1, 0.15) is 46.7 Å². The number of alkyl halides is 3. The molecule has 5 N–H and O–H groups in total. The lowest BCUT2D eigenvalue weighted by molar-refractivity contribution is -0.0935. The summed E-state index contributed by atoms with van der Waals surface area (Å²) in [5.41, 5.74) is 7.38. The van der Waals surface area contributed by atoms with Crippen molar-refractivity contribution in [3.63, 3.8) is 0 Å². The van der Waals surface area contributed by atoms with E-state index in [2.05, 4.69) is 10.6 Å². The Hall–Kier alpha value is -2.51. The molecular formula is C20H21F3N4O. The molecule has 5 nitrogen and oxygen atoms in total. The van der Waals surface area contributed by atoms with Gasteiger partial charge in [0.15, 0.2) is 0 Å². The highest BCUT2D eigenvalue weighted by atomic mass is 19.4. The third kappa shape index (κ3) is 2.32. The molecule has 0 saturated heterocycles. The van der Waals surface area contributed by atoms with E-state index in [1.165, 1.54) is 0 Å². The molecule has 8 heteroatoms. The first-order valence-electron chi connectivity index (χ1n) is 9.58. The molecule has 2 fully saturated rings. The Balaban J connectivity index is 1.66. The molecule has 2 bridgehead atoms. The minimum Gasteiger partial charge on any atom is -0.394 e. The number of hydrogen-bond acceptors (Lipinski definition) is 4. The maximum Gasteiger partial charge on any atom is 0.431 e. The standard InChI is InChI=1S/C20H21F3N4O/c21-20(22,23)18(25)13(6-24)17-16-9-2-1-8(3-9)15(16)12-5-11-10(4-14(12)27-17)7-26-19(11)28/h4-6,8-9,15-17,24,27H,1-3,7,25H2,(H,26,28)/b18-13+,24-6?/t8-,9+,15-,16-,17?/m0/s1. The van der Waals surface area contributed by atoms with Gasteiger partial charge < -0.3 is 21.8 Å². The predicted molar refractivity (Wildman–Crippen MR) is 98.1 cm³/mol. The van der Waals surface area contributed by atoms with Gasteiger partial charge in [-0.2, -0.15) is 13.2 Å². The van der Waals surface area contributed by atoms with E-state index in [1.807, 2.05) is 12.1 Å². The summed E-state index contributed by atoms with van der Waals surface area (Å²) in [6, 6.07) is 3.16. The molecule has 148 valence electrons. The number of nitrogens with one attached hydrogen (secondary N) is 3. The Morgan fingerprint density at radius 2 is 2.00 bits per heavy atom. The number of benzene rings is 1. The SMILES string of the molecule is N=C/C(=C(\N)C(F)(F)F)C1Nc2cc3c(cc2[C@@H]2[C@H]4CC[C@H](C4)[C@H]12)C(=O)NC3. The fourth-order valence-corrected chi connectivity index (χ4v) is 6.01. The summed E-state index contributed by atoms with van der Waals surface area (Å²) in [5.74, 6) is 0.653. The van der Waals surface area contributed by atoms with Crippen LogP contribution >= 0.6 is 0 Å². The van der Waals surface area contributed by atoms with Crippen molar-refractivity contribution in [2.24, 2.45) is 23.5 Å². The number of hydrogen-bond donors (Lipinski definition) is 4. The van der Waals surface area contributed by atoms with E-state index in [1.54, 1.807) is 0 Å². The average Bonchev–Trinajstić information content (AvgIpc) is 3.35. The minimum absolute atomic E-state index is 0.0498. The average molecular weight is 390 g/mol. The number of allylic oxidation sites excluding steroid dienone is 1. The van der Waals surface area contributed by atoms with Crippen molar-refractivity contribution >= 4 is 17.8 Å². The Morgan fingerprint density at radius 1 is 1.25 bits per heavy atom. The van der Waals surface area contributed by atoms with Crippen molar-refractivity contribution in [2.75, 3.05) is 5.32 Å². The number of fused-ring (bicyclic) bond motifs is 8. The molecule has 0 aromatic heterocycles. The van der Waals surface area contributed by atoms with E-state index in [-0.39, 0.29) is 23.3 Å². The zero-order chi connectivity index (χ0) is 19.8. The van der Waals surface area contributed by atoms with Crippen LogP contribution in [-0.2, 0) is 6.54 Å². The van der Waals surface area contributed by atoms with Crippen LogP contribution in [0.3, 0.4) is 0 Å². The third-order valence-electron chi connectivity index (χ3n) is 7.10. The first kappa shape index (κ1) is 17.6. The van der Waals surface area contributed by atoms with Crippen LogP contribution in [0.4, 0.5) is 18.9 Å². The van der Waals surface area contributed by atoms with Gasteiger partial charge in [0, 0.05) is 29.6 Å². The number of amides is 1. The number of anilines is 1. The molecule has 0 spiro atoms. The molecule has 2 aliphatic heterocycles. The second kappa shape index (κ2) is 5.75. The van der Waals surface area contributed by atoms with E-state index >= 15 is 0 Å². The lowest BCUT2D eigenvalue weighted by atomic mass is 9.67. The summed E-state index contributed by atoms with van der Waals surface area (Å²) >= 11 is 0. The summed E-state index contributed by atoms with van der Waals surface area (Å²) in [6.07, 6.45) is -0.891. The van der Waals surface area contributed by atoms with Crippen LogP contribution < -0.4 is 16.4 Å². The maximum atomic E-state index is 13.3. The smallest absolute Gasteiger partial charge is 0.394 e. The molecular weight excluding hydrogens is 369 g/mol. The van der Waals surface area contributed by atoms with Gasteiger partial charge in [-0.05, 0) is 66.2 Å². The van der Waals surface area contributed by atoms with Crippen molar-refractivity contribution in [2.45, 2.75) is 43.9 Å². The summed E-state index contributed by atoms with van der Waals surface area (Å²) in [6.45, 7) is 0.423. The molecule has 5 rings (SSSR count). The zero-order valence-corrected chi connectivity index (χ0v) is 15.1. The molecule has 4 aliphatic rings. The highest BCUT2D eigenvalue weighted by molar-refractivity contribution is 5.99. The summed E-state index contributed by atoms with van der Waals surface area (Å²) in [5, 5.41) is 13.7. The second-order valence-corrected chi connectivity index (χ2v) is 8.35. The van der Waals surface area contributed by atoms with Gasteiger partial charge in [-0.3, -0.25) is 4.79 Å². The first-order chi connectivity index (χ1) is 13.3. The second-order valence-electron chi connectivity index (χ2n) is 8.35. The van der Waals surface area contributed by atoms with E-state index in [0.29, 0.717) is 23.9 Å². The number of rotatable bonds is 2. The van der Waals surface area contributed by atoms with Gasteiger partial charge in [0.2, 0.25) is 0 Å².